The number of ether oxygens (including phenoxy) is 1. The lowest BCUT2D eigenvalue weighted by molar-refractivity contribution is 0.131. The number of cyclic esters (lactones) is 1. The number of benzene rings is 2. The molecule has 1 amide bonds. The van der Waals surface area contributed by atoms with Crippen LogP contribution in [0.1, 0.15) is 5.56 Å². The third-order valence-corrected chi connectivity index (χ3v) is 4.40. The van der Waals surface area contributed by atoms with Gasteiger partial charge in [0.25, 0.3) is 5.56 Å². The van der Waals surface area contributed by atoms with Crippen LogP contribution in [0.25, 0.3) is 10.9 Å². The minimum atomic E-state index is -0.395. The van der Waals surface area contributed by atoms with Crippen molar-refractivity contribution in [3.8, 4) is 0 Å². The Morgan fingerprint density at radius 3 is 2.72 bits per heavy atom. The highest BCUT2D eigenvalue weighted by Gasteiger charge is 2.32. The van der Waals surface area contributed by atoms with E-state index in [0.717, 1.165) is 11.3 Å². The molecule has 0 spiro atoms. The molecule has 0 aliphatic carbocycles. The number of aryl methyl sites for hydroxylation is 1. The minimum Gasteiger partial charge on any atom is -0.442 e. The maximum Gasteiger partial charge on any atom is 0.414 e. The fourth-order valence-electron chi connectivity index (χ4n) is 3.12. The SMILES string of the molecule is Cc1cccc2c(=O)n(C[C@H]3CN(c4ccccc4)C(=O)O3)cnc12. The van der Waals surface area contributed by atoms with Gasteiger partial charge in [-0.15, -0.1) is 0 Å². The van der Waals surface area contributed by atoms with E-state index in [1.165, 1.54) is 10.9 Å². The van der Waals surface area contributed by atoms with E-state index in [2.05, 4.69) is 4.98 Å². The molecule has 2 heterocycles. The maximum atomic E-state index is 12.7. The lowest BCUT2D eigenvalue weighted by Gasteiger charge is -2.13. The third kappa shape index (κ3) is 2.76. The fourth-order valence-corrected chi connectivity index (χ4v) is 3.12. The molecule has 1 aromatic heterocycles. The van der Waals surface area contributed by atoms with Crippen molar-refractivity contribution in [2.24, 2.45) is 0 Å². The smallest absolute Gasteiger partial charge is 0.414 e. The van der Waals surface area contributed by atoms with Crippen molar-refractivity contribution < 1.29 is 9.53 Å². The highest BCUT2D eigenvalue weighted by molar-refractivity contribution is 5.89. The van der Waals surface area contributed by atoms with Gasteiger partial charge in [0.2, 0.25) is 0 Å². The molecule has 0 saturated carbocycles. The second kappa shape index (κ2) is 6.05. The zero-order valence-electron chi connectivity index (χ0n) is 13.8. The number of carbonyl (C=O) groups excluding carboxylic acids is 1. The summed E-state index contributed by atoms with van der Waals surface area (Å²) in [6.07, 6.45) is 0.736. The summed E-state index contributed by atoms with van der Waals surface area (Å²) in [4.78, 5) is 30.8. The highest BCUT2D eigenvalue weighted by atomic mass is 16.6. The van der Waals surface area contributed by atoms with Gasteiger partial charge in [-0.3, -0.25) is 14.3 Å². The van der Waals surface area contributed by atoms with Crippen LogP contribution < -0.4 is 10.5 Å². The van der Waals surface area contributed by atoms with Gasteiger partial charge in [-0.2, -0.15) is 0 Å². The Balaban J connectivity index is 1.59. The van der Waals surface area contributed by atoms with Crippen molar-refractivity contribution in [1.29, 1.82) is 0 Å². The predicted octanol–water partition coefficient (Wildman–Crippen LogP) is 2.73. The van der Waals surface area contributed by atoms with E-state index in [1.807, 2.05) is 49.4 Å². The molecular formula is C19H17N3O3. The molecule has 126 valence electrons. The monoisotopic (exact) mass is 335 g/mol. The van der Waals surface area contributed by atoms with E-state index < -0.39 is 12.2 Å². The molecule has 0 radical (unpaired) electrons. The molecule has 0 unspecified atom stereocenters. The molecule has 0 N–H and O–H groups in total. The molecule has 1 fully saturated rings. The Bertz CT molecular complexity index is 998. The van der Waals surface area contributed by atoms with Crippen molar-refractivity contribution in [2.75, 3.05) is 11.4 Å². The number of fused-ring (bicyclic) bond motifs is 1. The lowest BCUT2D eigenvalue weighted by atomic mass is 10.1. The molecule has 0 bridgehead atoms. The van der Waals surface area contributed by atoms with Gasteiger partial charge in [0.15, 0.2) is 0 Å². The number of hydrogen-bond acceptors (Lipinski definition) is 4. The quantitative estimate of drug-likeness (QED) is 0.738. The first kappa shape index (κ1) is 15.4. The molecule has 1 aliphatic heterocycles. The first-order valence-electron chi connectivity index (χ1n) is 8.11. The van der Waals surface area contributed by atoms with E-state index in [0.29, 0.717) is 17.4 Å². The number of carbonyl (C=O) groups is 1. The first-order chi connectivity index (χ1) is 12.1. The van der Waals surface area contributed by atoms with Crippen molar-refractivity contribution in [3.63, 3.8) is 0 Å². The van der Waals surface area contributed by atoms with E-state index in [9.17, 15) is 9.59 Å². The topological polar surface area (TPSA) is 64.4 Å². The summed E-state index contributed by atoms with van der Waals surface area (Å²) in [6.45, 7) is 2.61. The third-order valence-electron chi connectivity index (χ3n) is 4.40. The van der Waals surface area contributed by atoms with Crippen LogP contribution >= 0.6 is 0 Å². The maximum absolute atomic E-state index is 12.7. The van der Waals surface area contributed by atoms with Crippen molar-refractivity contribution >= 4 is 22.7 Å². The van der Waals surface area contributed by atoms with Crippen LogP contribution in [0.5, 0.6) is 0 Å². The summed E-state index contributed by atoms with van der Waals surface area (Å²) in [5, 5.41) is 0.576. The van der Waals surface area contributed by atoms with Crippen LogP contribution in [-0.4, -0.2) is 28.3 Å². The molecule has 2 aromatic carbocycles. The van der Waals surface area contributed by atoms with Crippen LogP contribution in [0.15, 0.2) is 59.7 Å². The number of aromatic nitrogens is 2. The average molecular weight is 335 g/mol. The summed E-state index contributed by atoms with van der Waals surface area (Å²) in [6, 6.07) is 14.9. The van der Waals surface area contributed by atoms with E-state index >= 15 is 0 Å². The summed E-state index contributed by atoms with van der Waals surface area (Å²) in [5.74, 6) is 0. The molecule has 25 heavy (non-hydrogen) atoms. The molecular weight excluding hydrogens is 318 g/mol. The summed E-state index contributed by atoms with van der Waals surface area (Å²) < 4.78 is 6.93. The number of nitrogens with zero attached hydrogens (tertiary/aromatic N) is 3. The Morgan fingerprint density at radius 2 is 1.92 bits per heavy atom. The van der Waals surface area contributed by atoms with Crippen molar-refractivity contribution in [3.05, 3.63) is 70.8 Å². The summed E-state index contributed by atoms with van der Waals surface area (Å²) in [7, 11) is 0. The Hall–Kier alpha value is -3.15. The van der Waals surface area contributed by atoms with Gasteiger partial charge >= 0.3 is 6.09 Å². The average Bonchev–Trinajstić information content (AvgIpc) is 2.99. The Morgan fingerprint density at radius 1 is 1.12 bits per heavy atom. The highest BCUT2D eigenvalue weighted by Crippen LogP contribution is 2.21. The molecule has 4 rings (SSSR count). The van der Waals surface area contributed by atoms with E-state index in [1.54, 1.807) is 11.0 Å². The molecule has 1 atom stereocenters. The van der Waals surface area contributed by atoms with Gasteiger partial charge in [0, 0.05) is 5.69 Å². The summed E-state index contributed by atoms with van der Waals surface area (Å²) in [5.41, 5.74) is 2.33. The zero-order valence-corrected chi connectivity index (χ0v) is 13.8. The van der Waals surface area contributed by atoms with Gasteiger partial charge in [-0.25, -0.2) is 9.78 Å². The number of rotatable bonds is 3. The van der Waals surface area contributed by atoms with Gasteiger partial charge < -0.3 is 4.74 Å². The molecule has 3 aromatic rings. The molecule has 1 aliphatic rings. The van der Waals surface area contributed by atoms with Crippen LogP contribution in [0.2, 0.25) is 0 Å². The normalized spacial score (nSPS) is 17.1. The van der Waals surface area contributed by atoms with Crippen molar-refractivity contribution in [1.82, 2.24) is 9.55 Å². The Kier molecular flexibility index (Phi) is 3.72. The predicted molar refractivity (Wildman–Crippen MR) is 94.8 cm³/mol. The fraction of sp³-hybridized carbons (Fsp3) is 0.211. The minimum absolute atomic E-state index is 0.122. The number of amides is 1. The number of anilines is 1. The second-order valence-corrected chi connectivity index (χ2v) is 6.13. The van der Waals surface area contributed by atoms with E-state index in [-0.39, 0.29) is 12.1 Å². The second-order valence-electron chi connectivity index (χ2n) is 6.13. The molecule has 6 nitrogen and oxygen atoms in total. The first-order valence-corrected chi connectivity index (χ1v) is 8.11. The molecule has 1 saturated heterocycles. The van der Waals surface area contributed by atoms with Gasteiger partial charge in [-0.05, 0) is 30.7 Å². The van der Waals surface area contributed by atoms with Crippen LogP contribution in [0.4, 0.5) is 10.5 Å². The number of hydrogen-bond donors (Lipinski definition) is 0. The lowest BCUT2D eigenvalue weighted by Crippen LogP contribution is -2.30. The van der Waals surface area contributed by atoms with Crippen LogP contribution in [0, 0.1) is 6.92 Å². The van der Waals surface area contributed by atoms with Crippen LogP contribution in [-0.2, 0) is 11.3 Å². The van der Waals surface area contributed by atoms with Gasteiger partial charge in [0.1, 0.15) is 6.10 Å². The van der Waals surface area contributed by atoms with Crippen LogP contribution in [0.3, 0.4) is 0 Å². The number of para-hydroxylation sites is 2. The summed E-state index contributed by atoms with van der Waals surface area (Å²) >= 11 is 0. The molecule has 6 heteroatoms. The largest absolute Gasteiger partial charge is 0.442 e. The Labute approximate surface area is 144 Å². The van der Waals surface area contributed by atoms with Gasteiger partial charge in [0.05, 0.1) is 30.3 Å². The van der Waals surface area contributed by atoms with Crippen molar-refractivity contribution in [2.45, 2.75) is 19.6 Å². The van der Waals surface area contributed by atoms with E-state index in [4.69, 9.17) is 4.74 Å². The van der Waals surface area contributed by atoms with Gasteiger partial charge in [-0.1, -0.05) is 30.3 Å². The standard InChI is InChI=1S/C19H17N3O3/c1-13-6-5-9-16-17(13)20-12-21(18(16)23)10-15-11-22(19(24)25-15)14-7-3-2-4-8-14/h2-9,12,15H,10-11H2,1H3/t15-/m0/s1. The zero-order chi connectivity index (χ0) is 17.4.